The third-order valence-corrected chi connectivity index (χ3v) is 2.36. The first-order valence-electron chi connectivity index (χ1n) is 4.91. The van der Waals surface area contributed by atoms with Gasteiger partial charge in [-0.1, -0.05) is 6.92 Å². The Morgan fingerprint density at radius 2 is 2.00 bits per heavy atom. The molecule has 0 heterocycles. The van der Waals surface area contributed by atoms with E-state index in [0.717, 1.165) is 12.8 Å². The first-order chi connectivity index (χ1) is 6.42. The van der Waals surface area contributed by atoms with Crippen molar-refractivity contribution in [2.24, 2.45) is 0 Å². The number of aliphatic hydroxyl groups is 1. The van der Waals surface area contributed by atoms with E-state index in [1.807, 2.05) is 0 Å². The minimum Gasteiger partial charge on any atom is -0.392 e. The van der Waals surface area contributed by atoms with Crippen LogP contribution in [0, 0.1) is 0 Å². The highest BCUT2D eigenvalue weighted by molar-refractivity contribution is 4.86. The number of rotatable bonds is 5. The summed E-state index contributed by atoms with van der Waals surface area (Å²) in [6, 6.07) is 0.0397. The average molecular weight is 211 g/mol. The van der Waals surface area contributed by atoms with Gasteiger partial charge in [-0.25, -0.2) is 0 Å². The molecule has 0 aliphatic heterocycles. The summed E-state index contributed by atoms with van der Waals surface area (Å²) in [5, 5.41) is 9.29. The van der Waals surface area contributed by atoms with E-state index >= 15 is 0 Å². The van der Waals surface area contributed by atoms with E-state index < -0.39 is 18.8 Å². The second-order valence-electron chi connectivity index (χ2n) is 3.84. The van der Waals surface area contributed by atoms with Crippen molar-refractivity contribution in [1.29, 1.82) is 0 Å². The van der Waals surface area contributed by atoms with Crippen LogP contribution < -0.4 is 0 Å². The number of alkyl halides is 3. The molecule has 84 valence electrons. The largest absolute Gasteiger partial charge is 0.401 e. The van der Waals surface area contributed by atoms with Crippen LogP contribution in [0.2, 0.25) is 0 Å². The number of hydrogen-bond acceptors (Lipinski definition) is 2. The molecule has 0 bridgehead atoms. The van der Waals surface area contributed by atoms with Gasteiger partial charge in [-0.15, -0.1) is 0 Å². The van der Waals surface area contributed by atoms with Crippen LogP contribution in [0.1, 0.15) is 26.2 Å². The molecule has 1 fully saturated rings. The van der Waals surface area contributed by atoms with E-state index in [0.29, 0.717) is 6.42 Å². The lowest BCUT2D eigenvalue weighted by Gasteiger charge is -2.25. The fourth-order valence-electron chi connectivity index (χ4n) is 1.41. The van der Waals surface area contributed by atoms with Gasteiger partial charge in [0.05, 0.1) is 12.6 Å². The molecule has 0 spiro atoms. The molecule has 1 N–H and O–H groups in total. The Hall–Kier alpha value is -0.290. The van der Waals surface area contributed by atoms with Crippen molar-refractivity contribution in [1.82, 2.24) is 4.90 Å². The Balaban J connectivity index is 2.39. The van der Waals surface area contributed by atoms with Crippen molar-refractivity contribution < 1.29 is 18.3 Å². The van der Waals surface area contributed by atoms with Crippen LogP contribution in [-0.4, -0.2) is 41.4 Å². The molecule has 1 unspecified atom stereocenters. The zero-order valence-corrected chi connectivity index (χ0v) is 8.22. The molecular formula is C9H16F3NO. The van der Waals surface area contributed by atoms with Gasteiger partial charge in [0.1, 0.15) is 0 Å². The lowest BCUT2D eigenvalue weighted by molar-refractivity contribution is -0.149. The van der Waals surface area contributed by atoms with Crippen molar-refractivity contribution in [3.05, 3.63) is 0 Å². The summed E-state index contributed by atoms with van der Waals surface area (Å²) in [5.41, 5.74) is 0. The normalized spacial score (nSPS) is 20.1. The Morgan fingerprint density at radius 3 is 2.36 bits per heavy atom. The van der Waals surface area contributed by atoms with E-state index in [4.69, 9.17) is 0 Å². The van der Waals surface area contributed by atoms with Gasteiger partial charge in [0.15, 0.2) is 0 Å². The van der Waals surface area contributed by atoms with Gasteiger partial charge in [-0.2, -0.15) is 13.2 Å². The number of hydrogen-bond donors (Lipinski definition) is 1. The van der Waals surface area contributed by atoms with E-state index in [9.17, 15) is 18.3 Å². The SMILES string of the molecule is CCC(O)CN(CC(F)(F)F)C1CC1. The Morgan fingerprint density at radius 1 is 1.43 bits per heavy atom. The third-order valence-electron chi connectivity index (χ3n) is 2.36. The fourth-order valence-corrected chi connectivity index (χ4v) is 1.41. The smallest absolute Gasteiger partial charge is 0.392 e. The van der Waals surface area contributed by atoms with Gasteiger partial charge in [0.2, 0.25) is 0 Å². The second-order valence-corrected chi connectivity index (χ2v) is 3.84. The summed E-state index contributed by atoms with van der Waals surface area (Å²) in [6.45, 7) is 1.01. The van der Waals surface area contributed by atoms with Crippen LogP contribution in [0.4, 0.5) is 13.2 Å². The minimum absolute atomic E-state index is 0.0397. The fraction of sp³-hybridized carbons (Fsp3) is 1.00. The molecule has 2 nitrogen and oxygen atoms in total. The zero-order valence-electron chi connectivity index (χ0n) is 8.22. The monoisotopic (exact) mass is 211 g/mol. The van der Waals surface area contributed by atoms with E-state index in [1.54, 1.807) is 6.92 Å². The van der Waals surface area contributed by atoms with Crippen LogP contribution in [0.25, 0.3) is 0 Å². The number of aliphatic hydroxyl groups excluding tert-OH is 1. The lowest BCUT2D eigenvalue weighted by Crippen LogP contribution is -2.40. The van der Waals surface area contributed by atoms with Gasteiger partial charge in [0.25, 0.3) is 0 Å². The molecule has 1 saturated carbocycles. The van der Waals surface area contributed by atoms with Crippen molar-refractivity contribution >= 4 is 0 Å². The maximum Gasteiger partial charge on any atom is 0.401 e. The maximum absolute atomic E-state index is 12.1. The first-order valence-corrected chi connectivity index (χ1v) is 4.91. The summed E-state index contributed by atoms with van der Waals surface area (Å²) in [7, 11) is 0. The Bertz CT molecular complexity index is 179. The summed E-state index contributed by atoms with van der Waals surface area (Å²) < 4.78 is 36.4. The topological polar surface area (TPSA) is 23.5 Å². The van der Waals surface area contributed by atoms with Gasteiger partial charge in [-0.05, 0) is 19.3 Å². The molecule has 1 atom stereocenters. The van der Waals surface area contributed by atoms with Gasteiger partial charge in [0, 0.05) is 12.6 Å². The highest BCUT2D eigenvalue weighted by atomic mass is 19.4. The predicted molar refractivity (Wildman–Crippen MR) is 46.9 cm³/mol. The van der Waals surface area contributed by atoms with Crippen molar-refractivity contribution in [2.75, 3.05) is 13.1 Å². The number of nitrogens with zero attached hydrogens (tertiary/aromatic N) is 1. The summed E-state index contributed by atoms with van der Waals surface area (Å²) >= 11 is 0. The molecule has 0 aromatic rings. The van der Waals surface area contributed by atoms with E-state index in [-0.39, 0.29) is 12.6 Å². The molecule has 0 aromatic heterocycles. The third kappa shape index (κ3) is 4.28. The van der Waals surface area contributed by atoms with Gasteiger partial charge < -0.3 is 5.11 Å². The van der Waals surface area contributed by atoms with Gasteiger partial charge >= 0.3 is 6.18 Å². The number of halogens is 3. The van der Waals surface area contributed by atoms with Crippen LogP contribution in [0.15, 0.2) is 0 Å². The summed E-state index contributed by atoms with van der Waals surface area (Å²) in [5.74, 6) is 0. The zero-order chi connectivity index (χ0) is 10.8. The average Bonchev–Trinajstić information content (AvgIpc) is 2.82. The Kier molecular flexibility index (Phi) is 3.78. The van der Waals surface area contributed by atoms with Crippen LogP contribution >= 0.6 is 0 Å². The van der Waals surface area contributed by atoms with Crippen LogP contribution in [-0.2, 0) is 0 Å². The van der Waals surface area contributed by atoms with Crippen molar-refractivity contribution in [3.8, 4) is 0 Å². The molecule has 14 heavy (non-hydrogen) atoms. The van der Waals surface area contributed by atoms with E-state index in [2.05, 4.69) is 0 Å². The summed E-state index contributed by atoms with van der Waals surface area (Å²) in [4.78, 5) is 1.34. The molecule has 1 rings (SSSR count). The molecule has 1 aliphatic rings. The molecule has 0 radical (unpaired) electrons. The minimum atomic E-state index is -4.16. The molecular weight excluding hydrogens is 195 g/mol. The molecule has 5 heteroatoms. The lowest BCUT2D eigenvalue weighted by atomic mass is 10.2. The Labute approximate surface area is 81.7 Å². The molecule has 0 saturated heterocycles. The maximum atomic E-state index is 12.1. The predicted octanol–water partition coefficient (Wildman–Crippen LogP) is 1.78. The van der Waals surface area contributed by atoms with Crippen LogP contribution in [0.5, 0.6) is 0 Å². The van der Waals surface area contributed by atoms with E-state index in [1.165, 1.54) is 4.90 Å². The quantitative estimate of drug-likeness (QED) is 0.749. The van der Waals surface area contributed by atoms with Crippen LogP contribution in [0.3, 0.4) is 0 Å². The highest BCUT2D eigenvalue weighted by Crippen LogP contribution is 2.30. The standard InChI is InChI=1S/C9H16F3NO/c1-2-8(14)5-13(7-3-4-7)6-9(10,11)12/h7-8,14H,2-6H2,1H3. The molecule has 1 aliphatic carbocycles. The van der Waals surface area contributed by atoms with Crippen molar-refractivity contribution in [3.63, 3.8) is 0 Å². The van der Waals surface area contributed by atoms with Gasteiger partial charge in [-0.3, -0.25) is 4.90 Å². The first kappa shape index (κ1) is 11.8. The highest BCUT2D eigenvalue weighted by Gasteiger charge is 2.38. The van der Waals surface area contributed by atoms with Crippen molar-refractivity contribution in [2.45, 2.75) is 44.5 Å². The molecule has 0 aromatic carbocycles. The summed E-state index contributed by atoms with van der Waals surface area (Å²) in [6.07, 6.45) is -2.64. The molecule has 0 amide bonds. The second kappa shape index (κ2) is 4.49.